The topological polar surface area (TPSA) is 86.5 Å². The Morgan fingerprint density at radius 2 is 1.88 bits per heavy atom. The average Bonchev–Trinajstić information content (AvgIpc) is 3.18. The fraction of sp³-hybridized carbons (Fsp3) is 0.154. The number of aromatic nitrogens is 1. The minimum atomic E-state index is -0.417. The Kier molecular flexibility index (Phi) is 5.74. The molecule has 8 heteroatoms. The molecule has 168 valence electrons. The molecule has 0 radical (unpaired) electrons. The summed E-state index contributed by atoms with van der Waals surface area (Å²) in [5.41, 5.74) is 2.95. The predicted molar refractivity (Wildman–Crippen MR) is 128 cm³/mol. The van der Waals surface area contributed by atoms with Crippen LogP contribution in [0.4, 0.5) is 5.82 Å². The number of pyridine rings is 1. The van der Waals surface area contributed by atoms with Crippen LogP contribution in [0.25, 0.3) is 11.8 Å². The molecule has 0 aliphatic carbocycles. The Hall–Kier alpha value is -4.15. The number of amides is 1. The highest BCUT2D eigenvalue weighted by molar-refractivity contribution is 6.31. The molecular weight excluding hydrogens is 452 g/mol. The smallest absolute Gasteiger partial charge is 0.344 e. The van der Waals surface area contributed by atoms with E-state index >= 15 is 0 Å². The molecule has 2 aromatic carbocycles. The summed E-state index contributed by atoms with van der Waals surface area (Å²) in [5, 5.41) is 9.45. The number of halogens is 1. The summed E-state index contributed by atoms with van der Waals surface area (Å²) in [6.45, 7) is 2.44. The number of nitrogens with zero attached hydrogens (tertiary/aromatic N) is 4. The number of benzene rings is 2. The highest BCUT2D eigenvalue weighted by Gasteiger charge is 2.27. The van der Waals surface area contributed by atoms with Gasteiger partial charge >= 0.3 is 5.97 Å². The van der Waals surface area contributed by atoms with Gasteiger partial charge in [-0.3, -0.25) is 4.79 Å². The van der Waals surface area contributed by atoms with Crippen LogP contribution in [0.3, 0.4) is 0 Å². The van der Waals surface area contributed by atoms with Gasteiger partial charge in [-0.1, -0.05) is 23.7 Å². The molecule has 0 spiro atoms. The lowest BCUT2D eigenvalue weighted by Gasteiger charge is -2.35. The molecule has 0 saturated carbocycles. The summed E-state index contributed by atoms with van der Waals surface area (Å²) in [4.78, 5) is 33.5. The molecule has 2 aliphatic heterocycles. The van der Waals surface area contributed by atoms with Gasteiger partial charge in [-0.05, 0) is 54.1 Å². The van der Waals surface area contributed by atoms with Crippen LogP contribution in [-0.4, -0.2) is 47.9 Å². The summed E-state index contributed by atoms with van der Waals surface area (Å²) in [6.07, 6.45) is 3.30. The molecule has 0 atom stereocenters. The van der Waals surface area contributed by atoms with Crippen molar-refractivity contribution >= 4 is 41.1 Å². The van der Waals surface area contributed by atoms with Crippen molar-refractivity contribution in [3.63, 3.8) is 0 Å². The maximum atomic E-state index is 13.1. The number of hydrogen-bond donors (Lipinski definition) is 0. The molecule has 1 fully saturated rings. The molecule has 2 aliphatic rings. The van der Waals surface area contributed by atoms with E-state index in [-0.39, 0.29) is 5.91 Å². The van der Waals surface area contributed by atoms with E-state index < -0.39 is 5.97 Å². The van der Waals surface area contributed by atoms with Crippen LogP contribution in [0, 0.1) is 11.3 Å². The van der Waals surface area contributed by atoms with E-state index in [1.807, 2.05) is 23.1 Å². The van der Waals surface area contributed by atoms with Gasteiger partial charge in [0, 0.05) is 48.5 Å². The largest absolute Gasteiger partial charge is 0.422 e. The molecule has 1 aromatic heterocycles. The molecular formula is C26H19ClN4O3. The standard InChI is InChI=1S/C26H19ClN4O3/c27-20-5-6-21-22(14-20)23(34-26(21)33)13-17-2-1-3-19(12-17)25(32)31-10-8-30(9-11-31)24-7-4-18(15-28)16-29-24/h1-7,12-14,16H,8-11H2. The average molecular weight is 471 g/mol. The molecule has 1 amide bonds. The fourth-order valence-corrected chi connectivity index (χ4v) is 4.26. The minimum absolute atomic E-state index is 0.0560. The van der Waals surface area contributed by atoms with Crippen LogP contribution in [-0.2, 0) is 4.74 Å². The van der Waals surface area contributed by atoms with Crippen molar-refractivity contribution < 1.29 is 14.3 Å². The van der Waals surface area contributed by atoms with Crippen molar-refractivity contribution in [1.29, 1.82) is 5.26 Å². The van der Waals surface area contributed by atoms with Crippen LogP contribution in [0.15, 0.2) is 60.8 Å². The Morgan fingerprint density at radius 3 is 2.62 bits per heavy atom. The molecule has 0 bridgehead atoms. The summed E-state index contributed by atoms with van der Waals surface area (Å²) in [7, 11) is 0. The molecule has 3 heterocycles. The lowest BCUT2D eigenvalue weighted by atomic mass is 10.0. The van der Waals surface area contributed by atoms with Gasteiger partial charge in [0.05, 0.1) is 11.1 Å². The lowest BCUT2D eigenvalue weighted by Crippen LogP contribution is -2.49. The number of anilines is 1. The number of rotatable bonds is 3. The second-order valence-electron chi connectivity index (χ2n) is 8.01. The first-order chi connectivity index (χ1) is 16.5. The Morgan fingerprint density at radius 1 is 1.06 bits per heavy atom. The number of ether oxygens (including phenoxy) is 1. The van der Waals surface area contributed by atoms with Gasteiger partial charge < -0.3 is 14.5 Å². The third-order valence-corrected chi connectivity index (χ3v) is 6.10. The number of nitriles is 1. The van der Waals surface area contributed by atoms with Gasteiger partial charge in [0.1, 0.15) is 17.6 Å². The molecule has 5 rings (SSSR count). The van der Waals surface area contributed by atoms with Gasteiger partial charge in [-0.25, -0.2) is 9.78 Å². The van der Waals surface area contributed by atoms with Crippen LogP contribution < -0.4 is 4.90 Å². The molecule has 1 saturated heterocycles. The van der Waals surface area contributed by atoms with Crippen molar-refractivity contribution in [3.05, 3.63) is 93.6 Å². The van der Waals surface area contributed by atoms with Crippen LogP contribution >= 0.6 is 11.6 Å². The van der Waals surface area contributed by atoms with E-state index in [1.165, 1.54) is 0 Å². The number of carbonyl (C=O) groups excluding carboxylic acids is 2. The Balaban J connectivity index is 1.29. The van der Waals surface area contributed by atoms with Gasteiger partial charge in [-0.15, -0.1) is 0 Å². The third-order valence-electron chi connectivity index (χ3n) is 5.87. The number of cyclic esters (lactones) is 1. The SMILES string of the molecule is N#Cc1ccc(N2CCN(C(=O)c3cccc(C=C4OC(=O)c5ccc(Cl)cc54)c3)CC2)nc1. The third kappa shape index (κ3) is 4.24. The number of hydrogen-bond acceptors (Lipinski definition) is 6. The van der Waals surface area contributed by atoms with Crippen molar-refractivity contribution in [1.82, 2.24) is 9.88 Å². The van der Waals surface area contributed by atoms with Crippen molar-refractivity contribution in [2.75, 3.05) is 31.1 Å². The summed E-state index contributed by atoms with van der Waals surface area (Å²) in [6, 6.07) is 17.9. The Labute approximate surface area is 201 Å². The maximum Gasteiger partial charge on any atom is 0.344 e. The van der Waals surface area contributed by atoms with E-state index in [2.05, 4.69) is 16.0 Å². The number of esters is 1. The van der Waals surface area contributed by atoms with E-state index in [0.29, 0.717) is 59.2 Å². The number of fused-ring (bicyclic) bond motifs is 1. The zero-order valence-electron chi connectivity index (χ0n) is 18.1. The second-order valence-corrected chi connectivity index (χ2v) is 8.45. The Bertz CT molecular complexity index is 1350. The number of carbonyl (C=O) groups is 2. The summed E-state index contributed by atoms with van der Waals surface area (Å²) >= 11 is 6.09. The molecule has 0 N–H and O–H groups in total. The molecule has 7 nitrogen and oxygen atoms in total. The zero-order valence-corrected chi connectivity index (χ0v) is 18.8. The quantitative estimate of drug-likeness (QED) is 0.532. The van der Waals surface area contributed by atoms with Crippen molar-refractivity contribution in [3.8, 4) is 6.07 Å². The van der Waals surface area contributed by atoms with Crippen LogP contribution in [0.1, 0.15) is 37.4 Å². The van der Waals surface area contributed by atoms with E-state index in [4.69, 9.17) is 21.6 Å². The first kappa shape index (κ1) is 21.7. The van der Waals surface area contributed by atoms with Gasteiger partial charge in [-0.2, -0.15) is 5.26 Å². The van der Waals surface area contributed by atoms with E-state index in [0.717, 1.165) is 11.4 Å². The highest BCUT2D eigenvalue weighted by Crippen LogP contribution is 2.33. The molecule has 3 aromatic rings. The molecule has 34 heavy (non-hydrogen) atoms. The van der Waals surface area contributed by atoms with Gasteiger partial charge in [0.2, 0.25) is 0 Å². The fourth-order valence-electron chi connectivity index (χ4n) is 4.09. The normalized spacial score (nSPS) is 16.2. The van der Waals surface area contributed by atoms with Crippen LogP contribution in [0.2, 0.25) is 5.02 Å². The van der Waals surface area contributed by atoms with E-state index in [1.54, 1.807) is 48.7 Å². The summed E-state index contributed by atoms with van der Waals surface area (Å²) < 4.78 is 5.41. The van der Waals surface area contributed by atoms with Crippen molar-refractivity contribution in [2.24, 2.45) is 0 Å². The van der Waals surface area contributed by atoms with Crippen LogP contribution in [0.5, 0.6) is 0 Å². The lowest BCUT2D eigenvalue weighted by molar-refractivity contribution is 0.0714. The van der Waals surface area contributed by atoms with E-state index in [9.17, 15) is 9.59 Å². The first-order valence-corrected chi connectivity index (χ1v) is 11.1. The highest BCUT2D eigenvalue weighted by atomic mass is 35.5. The zero-order chi connectivity index (χ0) is 23.7. The first-order valence-electron chi connectivity index (χ1n) is 10.8. The summed E-state index contributed by atoms with van der Waals surface area (Å²) in [5.74, 6) is 0.737. The van der Waals surface area contributed by atoms with Gasteiger partial charge in [0.25, 0.3) is 5.91 Å². The van der Waals surface area contributed by atoms with Gasteiger partial charge in [0.15, 0.2) is 0 Å². The monoisotopic (exact) mass is 470 g/mol. The molecule has 0 unspecified atom stereocenters. The van der Waals surface area contributed by atoms with Crippen molar-refractivity contribution in [2.45, 2.75) is 0 Å². The second kappa shape index (κ2) is 9.00. The maximum absolute atomic E-state index is 13.1. The minimum Gasteiger partial charge on any atom is -0.422 e. The predicted octanol–water partition coefficient (Wildman–Crippen LogP) is 4.24. The number of piperazine rings is 1.